The van der Waals surface area contributed by atoms with E-state index in [9.17, 15) is 0 Å². The molecule has 0 N–H and O–H groups in total. The lowest BCUT2D eigenvalue weighted by Crippen LogP contribution is -1.96. The van der Waals surface area contributed by atoms with Gasteiger partial charge in [-0.3, -0.25) is 0 Å². The Bertz CT molecular complexity index is 3920. The van der Waals surface area contributed by atoms with Crippen LogP contribution in [0.4, 0.5) is 0 Å². The lowest BCUT2D eigenvalue weighted by molar-refractivity contribution is 1.19. The molecule has 294 valence electrons. The Hall–Kier alpha value is -7.42. The van der Waals surface area contributed by atoms with E-state index in [1.54, 1.807) is 22.7 Å². The third-order valence-electron chi connectivity index (χ3n) is 11.9. The number of aromatic nitrogens is 4. The second-order valence-electron chi connectivity index (χ2n) is 15.7. The zero-order chi connectivity index (χ0) is 41.4. The summed E-state index contributed by atoms with van der Waals surface area (Å²) in [6.07, 6.45) is 0. The first-order chi connectivity index (χ1) is 31.2. The number of nitrogens with zero attached hydrogens (tertiary/aromatic N) is 4. The first-order valence-corrected chi connectivity index (χ1v) is 23.3. The van der Waals surface area contributed by atoms with Gasteiger partial charge in [0.1, 0.15) is 0 Å². The fraction of sp³-hybridized carbons (Fsp3) is 0. The van der Waals surface area contributed by atoms with Crippen molar-refractivity contribution in [3.05, 3.63) is 194 Å². The van der Waals surface area contributed by atoms with Crippen LogP contribution in [-0.2, 0) is 0 Å². The fourth-order valence-electron chi connectivity index (χ4n) is 9.01. The van der Waals surface area contributed by atoms with Gasteiger partial charge in [-0.05, 0) is 47.5 Å². The van der Waals surface area contributed by atoms with Crippen molar-refractivity contribution >= 4 is 94.7 Å². The van der Waals surface area contributed by atoms with Gasteiger partial charge in [0.05, 0.1) is 27.3 Å². The highest BCUT2D eigenvalue weighted by molar-refractivity contribution is 7.27. The van der Waals surface area contributed by atoms with Crippen molar-refractivity contribution in [2.75, 3.05) is 0 Å². The molecule has 0 radical (unpaired) electrons. The Morgan fingerprint density at radius 1 is 0.302 bits per heavy atom. The molecule has 13 rings (SSSR count). The van der Waals surface area contributed by atoms with Gasteiger partial charge < -0.3 is 0 Å². The molecule has 5 heterocycles. The summed E-state index contributed by atoms with van der Waals surface area (Å²) in [6.45, 7) is 0. The molecule has 0 fully saturated rings. The van der Waals surface area contributed by atoms with Crippen LogP contribution in [-0.4, -0.2) is 19.9 Å². The van der Waals surface area contributed by atoms with Crippen molar-refractivity contribution in [1.82, 2.24) is 19.9 Å². The second-order valence-corrected chi connectivity index (χ2v) is 18.8. The van der Waals surface area contributed by atoms with Crippen molar-refractivity contribution in [1.29, 1.82) is 0 Å². The molecule has 0 bridgehead atoms. The van der Waals surface area contributed by atoms with E-state index in [1.807, 2.05) is 29.5 Å². The van der Waals surface area contributed by atoms with E-state index in [0.29, 0.717) is 5.82 Å². The van der Waals surface area contributed by atoms with Crippen LogP contribution in [0.5, 0.6) is 0 Å². The summed E-state index contributed by atoms with van der Waals surface area (Å²) in [5.41, 5.74) is 11.3. The fourth-order valence-corrected chi connectivity index (χ4v) is 12.6. The molecule has 4 nitrogen and oxygen atoms in total. The summed E-state index contributed by atoms with van der Waals surface area (Å²) in [6, 6.07) is 68.8. The molecule has 8 aromatic carbocycles. The van der Waals surface area contributed by atoms with Gasteiger partial charge in [0.25, 0.3) is 0 Å². The highest BCUT2D eigenvalue weighted by atomic mass is 32.1. The molecule has 0 aliphatic heterocycles. The maximum Gasteiger partial charge on any atom is 0.161 e. The smallest absolute Gasteiger partial charge is 0.161 e. The van der Waals surface area contributed by atoms with Crippen LogP contribution < -0.4 is 0 Å². The van der Waals surface area contributed by atoms with Crippen LogP contribution in [0.2, 0.25) is 0 Å². The number of fused-ring (bicyclic) bond motifs is 9. The molecule has 0 amide bonds. The first-order valence-electron chi connectivity index (χ1n) is 20.9. The maximum atomic E-state index is 5.37. The van der Waals surface area contributed by atoms with Gasteiger partial charge in [0.15, 0.2) is 11.6 Å². The van der Waals surface area contributed by atoms with E-state index >= 15 is 0 Å². The molecule has 63 heavy (non-hydrogen) atoms. The molecular formula is C56H32N4S3. The zero-order valence-electron chi connectivity index (χ0n) is 33.5. The van der Waals surface area contributed by atoms with E-state index in [2.05, 4.69) is 176 Å². The minimum atomic E-state index is 0.690. The zero-order valence-corrected chi connectivity index (χ0v) is 35.9. The first kappa shape index (κ1) is 36.3. The predicted molar refractivity (Wildman–Crippen MR) is 269 cm³/mol. The number of thiophene rings is 3. The van der Waals surface area contributed by atoms with Gasteiger partial charge in [0, 0.05) is 78.2 Å². The molecule has 0 saturated carbocycles. The molecular weight excluding hydrogens is 825 g/mol. The Balaban J connectivity index is 0.995. The lowest BCUT2D eigenvalue weighted by atomic mass is 9.98. The summed E-state index contributed by atoms with van der Waals surface area (Å²) >= 11 is 5.40. The Morgan fingerprint density at radius 3 is 1.70 bits per heavy atom. The molecule has 7 heteroatoms. The molecule has 0 aliphatic carbocycles. The summed E-state index contributed by atoms with van der Waals surface area (Å²) in [4.78, 5) is 21.3. The molecule has 0 spiro atoms. The van der Waals surface area contributed by atoms with Gasteiger partial charge in [-0.1, -0.05) is 158 Å². The van der Waals surface area contributed by atoms with Gasteiger partial charge in [-0.25, -0.2) is 19.9 Å². The summed E-state index contributed by atoms with van der Waals surface area (Å²) in [7, 11) is 0. The second kappa shape index (κ2) is 14.6. The topological polar surface area (TPSA) is 51.6 Å². The van der Waals surface area contributed by atoms with Gasteiger partial charge in [-0.15, -0.1) is 34.0 Å². The van der Waals surface area contributed by atoms with E-state index in [4.69, 9.17) is 19.9 Å². The van der Waals surface area contributed by atoms with Crippen molar-refractivity contribution < 1.29 is 0 Å². The SMILES string of the molecule is c1ccc(-c2nc(-c3cccc(-c4cccc5c4sc4ccccc45)c3)cc(-c3cccc4sc5c(-c6nc(-c7ccccc7)c7sc8ccccc8c7n6)cccc5c34)n2)cc1. The molecule has 0 unspecified atom stereocenters. The van der Waals surface area contributed by atoms with E-state index in [-0.39, 0.29) is 0 Å². The van der Waals surface area contributed by atoms with Crippen LogP contribution >= 0.6 is 34.0 Å². The Kier molecular flexibility index (Phi) is 8.40. The third kappa shape index (κ3) is 6.00. The average molecular weight is 857 g/mol. The quantitative estimate of drug-likeness (QED) is 0.167. The number of rotatable bonds is 6. The largest absolute Gasteiger partial charge is 0.228 e. The van der Waals surface area contributed by atoms with Gasteiger partial charge in [-0.2, -0.15) is 0 Å². The third-order valence-corrected chi connectivity index (χ3v) is 15.5. The van der Waals surface area contributed by atoms with Crippen molar-refractivity contribution in [3.63, 3.8) is 0 Å². The number of benzene rings is 8. The standard InChI is InChI=1S/C56H32N4S3/c1-3-15-33(16-4-1)50-54-51(41-22-8-10-29-47(41)62-54)60-56(59-50)43-27-13-26-42-49-40(25-14-30-48(49)63-53(42)43)45-32-44(57-55(58-45)34-17-5-2-6-18-34)36-20-11-19-35(31-36)37-23-12-24-39-38-21-7-9-28-46(38)61-52(37)39/h1-32H. The van der Waals surface area contributed by atoms with Gasteiger partial charge >= 0.3 is 0 Å². The number of hydrogen-bond donors (Lipinski definition) is 0. The minimum absolute atomic E-state index is 0.690. The van der Waals surface area contributed by atoms with Crippen LogP contribution in [0.15, 0.2) is 194 Å². The van der Waals surface area contributed by atoms with E-state index in [1.165, 1.54) is 40.5 Å². The molecule has 5 aromatic heterocycles. The number of hydrogen-bond acceptors (Lipinski definition) is 7. The summed E-state index contributed by atoms with van der Waals surface area (Å²) in [5, 5.41) is 6.06. The Morgan fingerprint density at radius 2 is 0.857 bits per heavy atom. The summed E-state index contributed by atoms with van der Waals surface area (Å²) < 4.78 is 7.24. The molecule has 0 saturated heterocycles. The van der Waals surface area contributed by atoms with Crippen molar-refractivity contribution in [3.8, 4) is 67.7 Å². The van der Waals surface area contributed by atoms with Crippen molar-refractivity contribution in [2.24, 2.45) is 0 Å². The predicted octanol–water partition coefficient (Wildman–Crippen LogP) is 16.4. The maximum absolute atomic E-state index is 5.37. The van der Waals surface area contributed by atoms with Gasteiger partial charge in [0.2, 0.25) is 0 Å². The average Bonchev–Trinajstić information content (AvgIpc) is 4.06. The lowest BCUT2D eigenvalue weighted by Gasteiger charge is -2.12. The summed E-state index contributed by atoms with van der Waals surface area (Å²) in [5.74, 6) is 1.42. The van der Waals surface area contributed by atoms with Crippen LogP contribution in [0.25, 0.3) is 128 Å². The molecule has 13 aromatic rings. The highest BCUT2D eigenvalue weighted by Crippen LogP contribution is 2.46. The van der Waals surface area contributed by atoms with E-state index in [0.717, 1.165) is 82.0 Å². The van der Waals surface area contributed by atoms with E-state index < -0.39 is 0 Å². The molecule has 0 aliphatic rings. The minimum Gasteiger partial charge on any atom is -0.228 e. The highest BCUT2D eigenvalue weighted by Gasteiger charge is 2.21. The molecule has 0 atom stereocenters. The Labute approximate surface area is 374 Å². The van der Waals surface area contributed by atoms with Crippen LogP contribution in [0.3, 0.4) is 0 Å². The van der Waals surface area contributed by atoms with Crippen molar-refractivity contribution in [2.45, 2.75) is 0 Å². The normalized spacial score (nSPS) is 11.8. The van der Waals surface area contributed by atoms with Crippen LogP contribution in [0, 0.1) is 0 Å². The van der Waals surface area contributed by atoms with Crippen LogP contribution in [0.1, 0.15) is 0 Å². The monoisotopic (exact) mass is 856 g/mol.